The number of carbonyl (C=O) groups excluding carboxylic acids is 1. The zero-order valence-corrected chi connectivity index (χ0v) is 19.5. The molecule has 2 aromatic carbocycles. The highest BCUT2D eigenvalue weighted by Gasteiger charge is 2.29. The van der Waals surface area contributed by atoms with Crippen molar-refractivity contribution in [1.82, 2.24) is 29.7 Å². The Kier molecular flexibility index (Phi) is 6.65. The molecule has 5 rings (SSSR count). The molecule has 1 fully saturated rings. The number of nitrogens with zero attached hydrogens (tertiary/aromatic N) is 5. The van der Waals surface area contributed by atoms with Gasteiger partial charge in [0.25, 0.3) is 5.91 Å². The second-order valence-electron chi connectivity index (χ2n) is 8.91. The summed E-state index contributed by atoms with van der Waals surface area (Å²) in [4.78, 5) is 17.6. The number of nitrogens with one attached hydrogen (secondary N) is 1. The highest BCUT2D eigenvalue weighted by molar-refractivity contribution is 5.94. The molecule has 34 heavy (non-hydrogen) atoms. The molecule has 1 unspecified atom stereocenters. The summed E-state index contributed by atoms with van der Waals surface area (Å²) in [6.45, 7) is 4.33. The maximum Gasteiger partial charge on any atom is 0.252 e. The zero-order chi connectivity index (χ0) is 23.3. The summed E-state index contributed by atoms with van der Waals surface area (Å²) in [6.07, 6.45) is 2.67. The molecule has 7 nitrogen and oxygen atoms in total. The third kappa shape index (κ3) is 5.00. The maximum absolute atomic E-state index is 12.8. The number of benzene rings is 2. The second-order valence-corrected chi connectivity index (χ2v) is 8.91. The van der Waals surface area contributed by atoms with Gasteiger partial charge in [-0.3, -0.25) is 19.0 Å². The molecule has 1 amide bonds. The van der Waals surface area contributed by atoms with Gasteiger partial charge >= 0.3 is 0 Å². The normalized spacial score (nSPS) is 17.1. The first kappa shape index (κ1) is 22.3. The summed E-state index contributed by atoms with van der Waals surface area (Å²) in [5, 5.41) is 11.9. The summed E-state index contributed by atoms with van der Waals surface area (Å²) in [5.74, 6) is 0.786. The third-order valence-electron chi connectivity index (χ3n) is 6.51. The Hall–Kier alpha value is -3.55. The van der Waals surface area contributed by atoms with Gasteiger partial charge in [0.05, 0.1) is 11.6 Å². The van der Waals surface area contributed by atoms with E-state index in [1.807, 2.05) is 47.0 Å². The molecule has 174 valence electrons. The van der Waals surface area contributed by atoms with Crippen LogP contribution in [0.1, 0.15) is 33.4 Å². The standard InChI is InChI=1S/C27H30N6O/c1-31-16-17-32(18-22-10-6-3-7-11-22)20-24(31)26-30-29-25-13-12-23(19-33(25)26)27(34)28-15-14-21-8-4-2-5-9-21/h2-13,19,24H,14-18,20H2,1H3,(H,28,34). The number of pyridine rings is 1. The Morgan fingerprint density at radius 2 is 1.68 bits per heavy atom. The number of aromatic nitrogens is 3. The summed E-state index contributed by atoms with van der Waals surface area (Å²) in [5.41, 5.74) is 3.89. The van der Waals surface area contributed by atoms with E-state index in [1.54, 1.807) is 0 Å². The largest absolute Gasteiger partial charge is 0.352 e. The molecule has 1 aliphatic rings. The van der Waals surface area contributed by atoms with Crippen molar-refractivity contribution in [2.24, 2.45) is 0 Å². The van der Waals surface area contributed by atoms with E-state index in [9.17, 15) is 4.79 Å². The van der Waals surface area contributed by atoms with Gasteiger partial charge in [-0.25, -0.2) is 0 Å². The molecule has 1 N–H and O–H groups in total. The number of piperazine rings is 1. The van der Waals surface area contributed by atoms with Crippen LogP contribution < -0.4 is 5.32 Å². The molecular weight excluding hydrogens is 424 g/mol. The monoisotopic (exact) mass is 454 g/mol. The molecular formula is C27H30N6O. The van der Waals surface area contributed by atoms with Gasteiger partial charge in [0.1, 0.15) is 0 Å². The highest BCUT2D eigenvalue weighted by atomic mass is 16.1. The SMILES string of the molecule is CN1CCN(Cc2ccccc2)CC1c1nnc2ccc(C(=O)NCCc3ccccc3)cn12. The van der Waals surface area contributed by atoms with Crippen LogP contribution in [0.4, 0.5) is 0 Å². The maximum atomic E-state index is 12.8. The molecule has 0 radical (unpaired) electrons. The Morgan fingerprint density at radius 3 is 2.44 bits per heavy atom. The topological polar surface area (TPSA) is 65.8 Å². The van der Waals surface area contributed by atoms with Gasteiger partial charge in [0.2, 0.25) is 0 Å². The summed E-state index contributed by atoms with van der Waals surface area (Å²) in [7, 11) is 2.13. The van der Waals surface area contributed by atoms with Crippen molar-refractivity contribution in [3.05, 3.63) is 102 Å². The van der Waals surface area contributed by atoms with Gasteiger partial charge in [0, 0.05) is 38.9 Å². The summed E-state index contributed by atoms with van der Waals surface area (Å²) < 4.78 is 1.97. The molecule has 4 aromatic rings. The predicted octanol–water partition coefficient (Wildman–Crippen LogP) is 3.19. The van der Waals surface area contributed by atoms with Gasteiger partial charge < -0.3 is 5.32 Å². The van der Waals surface area contributed by atoms with E-state index >= 15 is 0 Å². The average Bonchev–Trinajstić information content (AvgIpc) is 3.29. The Bertz CT molecular complexity index is 1240. The first-order chi connectivity index (χ1) is 16.7. The molecule has 1 aliphatic heterocycles. The first-order valence-electron chi connectivity index (χ1n) is 11.8. The number of amides is 1. The fraction of sp³-hybridized carbons (Fsp3) is 0.296. The number of fused-ring (bicyclic) bond motifs is 1. The third-order valence-corrected chi connectivity index (χ3v) is 6.51. The van der Waals surface area contributed by atoms with E-state index < -0.39 is 0 Å². The quantitative estimate of drug-likeness (QED) is 0.465. The fourth-order valence-electron chi connectivity index (χ4n) is 4.53. The molecule has 3 heterocycles. The predicted molar refractivity (Wildman–Crippen MR) is 133 cm³/mol. The smallest absolute Gasteiger partial charge is 0.252 e. The van der Waals surface area contributed by atoms with E-state index in [2.05, 4.69) is 68.8 Å². The molecule has 0 spiro atoms. The van der Waals surface area contributed by atoms with Crippen molar-refractivity contribution in [3.8, 4) is 0 Å². The number of carbonyl (C=O) groups is 1. The van der Waals surface area contributed by atoms with Crippen LogP contribution in [0.2, 0.25) is 0 Å². The van der Waals surface area contributed by atoms with E-state index in [4.69, 9.17) is 0 Å². The van der Waals surface area contributed by atoms with Crippen LogP contribution >= 0.6 is 0 Å². The van der Waals surface area contributed by atoms with Crippen LogP contribution in [0.25, 0.3) is 5.65 Å². The van der Waals surface area contributed by atoms with Crippen molar-refractivity contribution < 1.29 is 4.79 Å². The Morgan fingerprint density at radius 1 is 0.941 bits per heavy atom. The van der Waals surface area contributed by atoms with Crippen LogP contribution in [-0.2, 0) is 13.0 Å². The van der Waals surface area contributed by atoms with E-state index in [0.29, 0.717) is 12.1 Å². The van der Waals surface area contributed by atoms with E-state index in [-0.39, 0.29) is 11.9 Å². The summed E-state index contributed by atoms with van der Waals surface area (Å²) >= 11 is 0. The lowest BCUT2D eigenvalue weighted by atomic mass is 10.1. The van der Waals surface area contributed by atoms with Gasteiger partial charge in [-0.1, -0.05) is 60.7 Å². The van der Waals surface area contributed by atoms with Crippen molar-refractivity contribution >= 4 is 11.6 Å². The minimum absolute atomic E-state index is 0.0832. The highest BCUT2D eigenvalue weighted by Crippen LogP contribution is 2.24. The fourth-order valence-corrected chi connectivity index (χ4v) is 4.53. The van der Waals surface area contributed by atoms with Crippen molar-refractivity contribution in [1.29, 1.82) is 0 Å². The van der Waals surface area contributed by atoms with Crippen LogP contribution in [0, 0.1) is 0 Å². The summed E-state index contributed by atoms with van der Waals surface area (Å²) in [6, 6.07) is 24.5. The number of likely N-dealkylation sites (N-methyl/N-ethyl adjacent to an activating group) is 1. The van der Waals surface area contributed by atoms with Crippen LogP contribution in [0.15, 0.2) is 79.0 Å². The molecule has 0 bridgehead atoms. The average molecular weight is 455 g/mol. The lowest BCUT2D eigenvalue weighted by Gasteiger charge is -2.38. The van der Waals surface area contributed by atoms with Crippen LogP contribution in [0.3, 0.4) is 0 Å². The lowest BCUT2D eigenvalue weighted by molar-refractivity contribution is 0.0852. The van der Waals surface area contributed by atoms with Gasteiger partial charge in [-0.2, -0.15) is 0 Å². The number of rotatable bonds is 7. The van der Waals surface area contributed by atoms with Crippen LogP contribution in [-0.4, -0.2) is 63.5 Å². The minimum Gasteiger partial charge on any atom is -0.352 e. The van der Waals surface area contributed by atoms with E-state index in [1.165, 1.54) is 11.1 Å². The lowest BCUT2D eigenvalue weighted by Crippen LogP contribution is -2.46. The van der Waals surface area contributed by atoms with Crippen molar-refractivity contribution in [2.75, 3.05) is 33.2 Å². The Balaban J connectivity index is 1.30. The Labute approximate surface area is 200 Å². The number of hydrogen-bond donors (Lipinski definition) is 1. The van der Waals surface area contributed by atoms with Gasteiger partial charge in [0.15, 0.2) is 11.5 Å². The molecule has 0 saturated carbocycles. The van der Waals surface area contributed by atoms with Gasteiger partial charge in [-0.15, -0.1) is 10.2 Å². The number of hydrogen-bond acceptors (Lipinski definition) is 5. The second kappa shape index (κ2) is 10.2. The molecule has 0 aliphatic carbocycles. The molecule has 1 atom stereocenters. The van der Waals surface area contributed by atoms with E-state index in [0.717, 1.165) is 44.1 Å². The molecule has 2 aromatic heterocycles. The zero-order valence-electron chi connectivity index (χ0n) is 19.5. The van der Waals surface area contributed by atoms with Crippen LogP contribution in [0.5, 0.6) is 0 Å². The van der Waals surface area contributed by atoms with Crippen molar-refractivity contribution in [2.45, 2.75) is 19.0 Å². The first-order valence-corrected chi connectivity index (χ1v) is 11.8. The minimum atomic E-state index is -0.0832. The van der Waals surface area contributed by atoms with Crippen molar-refractivity contribution in [3.63, 3.8) is 0 Å². The molecule has 1 saturated heterocycles. The molecule has 7 heteroatoms. The van der Waals surface area contributed by atoms with Gasteiger partial charge in [-0.05, 0) is 36.7 Å².